The van der Waals surface area contributed by atoms with Crippen LogP contribution < -0.4 is 10.4 Å². The van der Waals surface area contributed by atoms with Crippen LogP contribution in [-0.2, 0) is 12.0 Å². The number of rotatable bonds is 5. The predicted octanol–water partition coefficient (Wildman–Crippen LogP) is 6.81. The van der Waals surface area contributed by atoms with Crippen LogP contribution in [0, 0.1) is 0 Å². The quantitative estimate of drug-likeness (QED) is 0.263. The van der Waals surface area contributed by atoms with Gasteiger partial charge < -0.3 is 9.15 Å². The molecular formula is C29H24O3. The molecule has 4 aromatic rings. The lowest BCUT2D eigenvalue weighted by molar-refractivity contribution is 0.107. The molecule has 0 bridgehead atoms. The second kappa shape index (κ2) is 8.01. The Balaban J connectivity index is 1.75. The second-order valence-electron chi connectivity index (χ2n) is 8.29. The zero-order valence-corrected chi connectivity index (χ0v) is 18.0. The maximum Gasteiger partial charge on any atom is 0.348 e. The van der Waals surface area contributed by atoms with Crippen molar-refractivity contribution < 1.29 is 9.15 Å². The molecule has 0 N–H and O–H groups in total. The van der Waals surface area contributed by atoms with E-state index in [1.807, 2.05) is 61.5 Å². The Morgan fingerprint density at radius 3 is 2.50 bits per heavy atom. The summed E-state index contributed by atoms with van der Waals surface area (Å²) in [4.78, 5) is 13.0. The van der Waals surface area contributed by atoms with Gasteiger partial charge in [-0.15, -0.1) is 0 Å². The van der Waals surface area contributed by atoms with Crippen molar-refractivity contribution in [2.24, 2.45) is 0 Å². The Hall–Kier alpha value is -3.85. The number of aryl methyl sites for hydroxylation is 1. The van der Waals surface area contributed by atoms with Gasteiger partial charge in [-0.1, -0.05) is 85.0 Å². The maximum absolute atomic E-state index is 13.0. The fraction of sp³-hybridized carbons (Fsp3) is 0.138. The molecule has 0 amide bonds. The number of hydrogen-bond donors (Lipinski definition) is 0. The van der Waals surface area contributed by atoms with Crippen LogP contribution in [0.5, 0.6) is 5.75 Å². The monoisotopic (exact) mass is 420 g/mol. The highest BCUT2D eigenvalue weighted by Crippen LogP contribution is 2.49. The van der Waals surface area contributed by atoms with Crippen molar-refractivity contribution in [1.82, 2.24) is 0 Å². The molecule has 3 aromatic carbocycles. The Kier molecular flexibility index (Phi) is 5.02. The highest BCUT2D eigenvalue weighted by Gasteiger charge is 2.40. The third-order valence-corrected chi connectivity index (χ3v) is 5.97. The van der Waals surface area contributed by atoms with E-state index >= 15 is 0 Å². The van der Waals surface area contributed by atoms with E-state index in [1.165, 1.54) is 5.56 Å². The molecular weight excluding hydrogens is 396 g/mol. The third-order valence-electron chi connectivity index (χ3n) is 5.97. The Morgan fingerprint density at radius 2 is 1.69 bits per heavy atom. The van der Waals surface area contributed by atoms with Crippen LogP contribution in [-0.4, -0.2) is 0 Å². The zero-order valence-electron chi connectivity index (χ0n) is 18.0. The summed E-state index contributed by atoms with van der Waals surface area (Å²) >= 11 is 0. The minimum atomic E-state index is -0.741. The molecule has 2 heterocycles. The van der Waals surface area contributed by atoms with E-state index in [0.717, 1.165) is 28.5 Å². The Bertz CT molecular complexity index is 1400. The standard InChI is InChI=1S/C29H24O3/c1-20(2)16-18-29(19-17-21-10-4-3-5-11-21)24-14-8-6-12-22(24)26-27(32-29)23-13-7-9-15-25(23)31-28(26)30/h3-16,18H,1,17,19H2,2H3/b18-16+/t29-/m0/s1. The van der Waals surface area contributed by atoms with Crippen LogP contribution in [0.15, 0.2) is 112 Å². The molecule has 0 spiro atoms. The van der Waals surface area contributed by atoms with Gasteiger partial charge >= 0.3 is 5.63 Å². The molecule has 1 aliphatic heterocycles. The average Bonchev–Trinajstić information content (AvgIpc) is 2.82. The average molecular weight is 421 g/mol. The molecule has 0 saturated heterocycles. The van der Waals surface area contributed by atoms with Crippen LogP contribution >= 0.6 is 0 Å². The van der Waals surface area contributed by atoms with Gasteiger partial charge in [0.15, 0.2) is 5.60 Å². The molecule has 1 aliphatic rings. The highest BCUT2D eigenvalue weighted by molar-refractivity contribution is 5.92. The summed E-state index contributed by atoms with van der Waals surface area (Å²) in [5, 5.41) is 0.796. The SMILES string of the molecule is C=C(C)/C=C/[C@@]1(CCc2ccccc2)Oc2c(c(=O)oc3ccccc23)-c2ccccc21. The maximum atomic E-state index is 13.0. The lowest BCUT2D eigenvalue weighted by Gasteiger charge is -2.38. The molecule has 0 saturated carbocycles. The van der Waals surface area contributed by atoms with Crippen molar-refractivity contribution >= 4 is 11.0 Å². The molecule has 1 atom stereocenters. The molecule has 158 valence electrons. The van der Waals surface area contributed by atoms with E-state index in [-0.39, 0.29) is 5.63 Å². The minimum absolute atomic E-state index is 0.383. The van der Waals surface area contributed by atoms with Gasteiger partial charge in [0.1, 0.15) is 16.9 Å². The lowest BCUT2D eigenvalue weighted by atomic mass is 9.80. The summed E-state index contributed by atoms with van der Waals surface area (Å²) in [5.74, 6) is 0.579. The van der Waals surface area contributed by atoms with E-state index in [2.05, 4.69) is 36.9 Å². The lowest BCUT2D eigenvalue weighted by Crippen LogP contribution is -2.36. The van der Waals surface area contributed by atoms with Gasteiger partial charge in [-0.3, -0.25) is 0 Å². The van der Waals surface area contributed by atoms with Crippen LogP contribution in [0.4, 0.5) is 0 Å². The van der Waals surface area contributed by atoms with Crippen molar-refractivity contribution in [2.75, 3.05) is 0 Å². The number of hydrogen-bond acceptors (Lipinski definition) is 3. The molecule has 0 radical (unpaired) electrons. The van der Waals surface area contributed by atoms with Crippen LogP contribution in [0.2, 0.25) is 0 Å². The molecule has 5 rings (SSSR count). The van der Waals surface area contributed by atoms with Crippen molar-refractivity contribution in [1.29, 1.82) is 0 Å². The van der Waals surface area contributed by atoms with Crippen molar-refractivity contribution in [3.8, 4) is 16.9 Å². The number of benzene rings is 3. The molecule has 0 unspecified atom stereocenters. The van der Waals surface area contributed by atoms with Gasteiger partial charge in [-0.2, -0.15) is 0 Å². The van der Waals surface area contributed by atoms with Gasteiger partial charge in [0.2, 0.25) is 0 Å². The fourth-order valence-corrected chi connectivity index (χ4v) is 4.41. The fourth-order valence-electron chi connectivity index (χ4n) is 4.41. The van der Waals surface area contributed by atoms with Gasteiger partial charge in [0, 0.05) is 11.1 Å². The normalized spacial score (nSPS) is 17.0. The first-order valence-electron chi connectivity index (χ1n) is 10.8. The minimum Gasteiger partial charge on any atom is -0.477 e. The van der Waals surface area contributed by atoms with Crippen LogP contribution in [0.3, 0.4) is 0 Å². The van der Waals surface area contributed by atoms with Crippen molar-refractivity contribution in [2.45, 2.75) is 25.4 Å². The molecule has 0 aliphatic carbocycles. The smallest absolute Gasteiger partial charge is 0.348 e. The summed E-state index contributed by atoms with van der Waals surface area (Å²) in [6.07, 6.45) is 5.63. The number of allylic oxidation sites excluding steroid dienone is 2. The first-order valence-corrected chi connectivity index (χ1v) is 10.8. The number of fused-ring (bicyclic) bond motifs is 5. The molecule has 32 heavy (non-hydrogen) atoms. The Labute approximate surface area is 187 Å². The van der Waals surface area contributed by atoms with Crippen molar-refractivity contribution in [3.05, 3.63) is 125 Å². The summed E-state index contributed by atoms with van der Waals surface area (Å²) in [6.45, 7) is 6.01. The van der Waals surface area contributed by atoms with Gasteiger partial charge in [0.05, 0.1) is 5.39 Å². The van der Waals surface area contributed by atoms with E-state index < -0.39 is 5.60 Å². The van der Waals surface area contributed by atoms with Gasteiger partial charge in [-0.25, -0.2) is 4.79 Å². The van der Waals surface area contributed by atoms with E-state index in [0.29, 0.717) is 23.3 Å². The second-order valence-corrected chi connectivity index (χ2v) is 8.29. The molecule has 0 fully saturated rings. The van der Waals surface area contributed by atoms with Gasteiger partial charge in [0.25, 0.3) is 0 Å². The van der Waals surface area contributed by atoms with Crippen LogP contribution in [0.25, 0.3) is 22.1 Å². The Morgan fingerprint density at radius 1 is 0.969 bits per heavy atom. The number of ether oxygens (including phenoxy) is 1. The highest BCUT2D eigenvalue weighted by atomic mass is 16.5. The summed E-state index contributed by atoms with van der Waals surface area (Å²) in [5.41, 5.74) is 3.88. The first kappa shape index (κ1) is 20.1. The largest absolute Gasteiger partial charge is 0.477 e. The van der Waals surface area contributed by atoms with E-state index in [4.69, 9.17) is 9.15 Å². The predicted molar refractivity (Wildman–Crippen MR) is 129 cm³/mol. The molecule has 1 aromatic heterocycles. The summed E-state index contributed by atoms with van der Waals surface area (Å²) < 4.78 is 12.5. The molecule has 3 nitrogen and oxygen atoms in total. The van der Waals surface area contributed by atoms with E-state index in [1.54, 1.807) is 6.07 Å². The first-order chi connectivity index (χ1) is 15.6. The van der Waals surface area contributed by atoms with Crippen molar-refractivity contribution in [3.63, 3.8) is 0 Å². The topological polar surface area (TPSA) is 39.4 Å². The molecule has 3 heteroatoms. The van der Waals surface area contributed by atoms with Crippen LogP contribution in [0.1, 0.15) is 24.5 Å². The summed E-state index contributed by atoms with van der Waals surface area (Å²) in [7, 11) is 0. The van der Waals surface area contributed by atoms with E-state index in [9.17, 15) is 4.79 Å². The van der Waals surface area contributed by atoms with Gasteiger partial charge in [-0.05, 0) is 43.5 Å². The third kappa shape index (κ3) is 3.46. The summed E-state index contributed by atoms with van der Waals surface area (Å²) in [6, 6.07) is 25.9. The number of para-hydroxylation sites is 1. The zero-order chi connectivity index (χ0) is 22.1.